The number of carbonyl (C=O) groups excluding carboxylic acids is 2. The molecule has 2 amide bonds. The molecule has 0 saturated heterocycles. The molecule has 6 heteroatoms. The first-order valence-electron chi connectivity index (χ1n) is 6.02. The maximum atomic E-state index is 11.9. The van der Waals surface area contributed by atoms with Gasteiger partial charge in [-0.3, -0.25) is 9.59 Å². The van der Waals surface area contributed by atoms with Gasteiger partial charge in [0.25, 0.3) is 5.91 Å². The Morgan fingerprint density at radius 2 is 2.11 bits per heavy atom. The smallest absolute Gasteiger partial charge is 0.252 e. The van der Waals surface area contributed by atoms with E-state index in [1.54, 1.807) is 19.1 Å². The Kier molecular flexibility index (Phi) is 5.82. The lowest BCUT2D eigenvalue weighted by molar-refractivity contribution is -0.122. The molecule has 0 bridgehead atoms. The van der Waals surface area contributed by atoms with Crippen LogP contribution < -0.4 is 10.6 Å². The molecule has 1 rings (SSSR count). The van der Waals surface area contributed by atoms with Gasteiger partial charge in [-0.15, -0.1) is 0 Å². The number of hydrogen-bond acceptors (Lipinski definition) is 3. The third-order valence-electron chi connectivity index (χ3n) is 2.50. The third-order valence-corrected chi connectivity index (χ3v) is 3.17. The molecular formula is C13H17BrN2O3. The minimum atomic E-state index is -0.621. The molecule has 3 N–H and O–H groups in total. The zero-order valence-corrected chi connectivity index (χ0v) is 12.5. The second-order valence-corrected chi connectivity index (χ2v) is 5.01. The molecule has 0 spiro atoms. The predicted octanol–water partition coefficient (Wildman–Crippen LogP) is 1.80. The van der Waals surface area contributed by atoms with Crippen molar-refractivity contribution in [3.63, 3.8) is 0 Å². The highest BCUT2D eigenvalue weighted by Crippen LogP contribution is 2.24. The van der Waals surface area contributed by atoms with Crippen molar-refractivity contribution in [3.05, 3.63) is 28.2 Å². The van der Waals surface area contributed by atoms with Gasteiger partial charge in [0, 0.05) is 12.1 Å². The molecule has 1 aromatic carbocycles. The van der Waals surface area contributed by atoms with E-state index in [0.29, 0.717) is 16.6 Å². The van der Waals surface area contributed by atoms with Crippen LogP contribution in [0.2, 0.25) is 0 Å². The summed E-state index contributed by atoms with van der Waals surface area (Å²) in [5.41, 5.74) is 0.302. The Labute approximate surface area is 120 Å². The molecule has 0 aromatic heterocycles. The number of benzene rings is 1. The molecule has 19 heavy (non-hydrogen) atoms. The van der Waals surface area contributed by atoms with Crippen molar-refractivity contribution in [1.29, 1.82) is 0 Å². The van der Waals surface area contributed by atoms with Gasteiger partial charge in [0.15, 0.2) is 0 Å². The molecule has 1 unspecified atom stereocenters. The highest BCUT2D eigenvalue weighted by Gasteiger charge is 2.16. The number of amides is 2. The van der Waals surface area contributed by atoms with Gasteiger partial charge < -0.3 is 15.7 Å². The average Bonchev–Trinajstić information content (AvgIpc) is 2.38. The van der Waals surface area contributed by atoms with Gasteiger partial charge in [0.2, 0.25) is 5.91 Å². The summed E-state index contributed by atoms with van der Waals surface area (Å²) in [5, 5.41) is 14.8. The molecular weight excluding hydrogens is 312 g/mol. The first kappa shape index (κ1) is 15.5. The molecule has 0 aliphatic rings. The molecule has 0 saturated carbocycles. The van der Waals surface area contributed by atoms with E-state index in [4.69, 9.17) is 0 Å². The van der Waals surface area contributed by atoms with E-state index in [1.807, 2.05) is 6.92 Å². The van der Waals surface area contributed by atoms with Crippen LogP contribution in [0.25, 0.3) is 0 Å². The van der Waals surface area contributed by atoms with Crippen molar-refractivity contribution in [3.8, 4) is 5.75 Å². The zero-order chi connectivity index (χ0) is 14.4. The summed E-state index contributed by atoms with van der Waals surface area (Å²) in [4.78, 5) is 23.5. The van der Waals surface area contributed by atoms with Gasteiger partial charge in [0.1, 0.15) is 11.8 Å². The van der Waals surface area contributed by atoms with Crippen molar-refractivity contribution in [2.24, 2.45) is 0 Å². The van der Waals surface area contributed by atoms with E-state index in [9.17, 15) is 14.7 Å². The van der Waals surface area contributed by atoms with E-state index in [2.05, 4.69) is 26.6 Å². The van der Waals surface area contributed by atoms with Crippen LogP contribution in [0.15, 0.2) is 22.7 Å². The molecule has 0 aliphatic heterocycles. The van der Waals surface area contributed by atoms with Gasteiger partial charge in [-0.05, 0) is 47.5 Å². The lowest BCUT2D eigenvalue weighted by Gasteiger charge is -2.14. The van der Waals surface area contributed by atoms with E-state index < -0.39 is 11.9 Å². The van der Waals surface area contributed by atoms with Gasteiger partial charge in [-0.2, -0.15) is 0 Å². The molecule has 0 radical (unpaired) electrons. The van der Waals surface area contributed by atoms with Crippen LogP contribution in [0.5, 0.6) is 5.75 Å². The van der Waals surface area contributed by atoms with Crippen molar-refractivity contribution in [2.45, 2.75) is 26.3 Å². The monoisotopic (exact) mass is 328 g/mol. The van der Waals surface area contributed by atoms with Crippen molar-refractivity contribution in [2.75, 3.05) is 6.54 Å². The van der Waals surface area contributed by atoms with Gasteiger partial charge in [0.05, 0.1) is 4.47 Å². The Bertz CT molecular complexity index is 477. The lowest BCUT2D eigenvalue weighted by atomic mass is 10.2. The molecule has 5 nitrogen and oxygen atoms in total. The fourth-order valence-electron chi connectivity index (χ4n) is 1.40. The molecule has 0 aliphatic carbocycles. The summed E-state index contributed by atoms with van der Waals surface area (Å²) < 4.78 is 0.512. The van der Waals surface area contributed by atoms with E-state index in [-0.39, 0.29) is 11.7 Å². The van der Waals surface area contributed by atoms with Crippen LogP contribution in [-0.2, 0) is 4.79 Å². The molecule has 1 aromatic rings. The minimum Gasteiger partial charge on any atom is -0.507 e. The number of rotatable bonds is 5. The zero-order valence-electron chi connectivity index (χ0n) is 10.9. The first-order chi connectivity index (χ1) is 8.95. The van der Waals surface area contributed by atoms with Crippen LogP contribution in [-0.4, -0.2) is 29.5 Å². The second-order valence-electron chi connectivity index (χ2n) is 4.15. The molecule has 0 fully saturated rings. The number of phenolic OH excluding ortho intramolecular Hbond substituents is 1. The second kappa shape index (κ2) is 7.13. The van der Waals surface area contributed by atoms with E-state index in [0.717, 1.165) is 6.42 Å². The topological polar surface area (TPSA) is 78.4 Å². The highest BCUT2D eigenvalue weighted by molar-refractivity contribution is 9.10. The minimum absolute atomic E-state index is 0.0178. The van der Waals surface area contributed by atoms with Gasteiger partial charge in [-0.1, -0.05) is 6.92 Å². The normalized spacial score (nSPS) is 11.7. The number of nitrogens with one attached hydrogen (secondary N) is 2. The quantitative estimate of drug-likeness (QED) is 0.771. The molecule has 1 atom stereocenters. The number of carbonyl (C=O) groups is 2. The Hall–Kier alpha value is -1.56. The van der Waals surface area contributed by atoms with Crippen molar-refractivity contribution in [1.82, 2.24) is 10.6 Å². The summed E-state index contributed by atoms with van der Waals surface area (Å²) in [7, 11) is 0. The number of phenols is 1. The maximum Gasteiger partial charge on any atom is 0.252 e. The maximum absolute atomic E-state index is 11.9. The molecule has 0 heterocycles. The lowest BCUT2D eigenvalue weighted by Crippen LogP contribution is -2.44. The highest BCUT2D eigenvalue weighted by atomic mass is 79.9. The number of aromatic hydroxyl groups is 1. The van der Waals surface area contributed by atoms with Crippen molar-refractivity contribution >= 4 is 27.7 Å². The first-order valence-corrected chi connectivity index (χ1v) is 6.82. The van der Waals surface area contributed by atoms with Crippen molar-refractivity contribution < 1.29 is 14.7 Å². The number of halogens is 1. The predicted molar refractivity (Wildman–Crippen MR) is 76.0 cm³/mol. The largest absolute Gasteiger partial charge is 0.507 e. The van der Waals surface area contributed by atoms with E-state index in [1.165, 1.54) is 6.07 Å². The standard InChI is InChI=1S/C13H17BrN2O3/c1-3-6-15-12(18)8(2)16-13(19)9-4-5-10(14)11(17)7-9/h4-5,7-8,17H,3,6H2,1-2H3,(H,15,18)(H,16,19). The summed E-state index contributed by atoms with van der Waals surface area (Å²) in [6, 6.07) is 3.86. The van der Waals surface area contributed by atoms with Crippen LogP contribution in [0.1, 0.15) is 30.6 Å². The van der Waals surface area contributed by atoms with Crippen LogP contribution >= 0.6 is 15.9 Å². The Morgan fingerprint density at radius 3 is 2.68 bits per heavy atom. The van der Waals surface area contributed by atoms with Crippen LogP contribution in [0.3, 0.4) is 0 Å². The SMILES string of the molecule is CCCNC(=O)C(C)NC(=O)c1ccc(Br)c(O)c1. The summed E-state index contributed by atoms with van der Waals surface area (Å²) in [6.07, 6.45) is 0.840. The van der Waals surface area contributed by atoms with Crippen LogP contribution in [0.4, 0.5) is 0 Å². The number of hydrogen-bond donors (Lipinski definition) is 3. The van der Waals surface area contributed by atoms with Gasteiger partial charge in [-0.25, -0.2) is 0 Å². The molecule has 104 valence electrons. The fraction of sp³-hybridized carbons (Fsp3) is 0.385. The Morgan fingerprint density at radius 1 is 1.42 bits per heavy atom. The Balaban J connectivity index is 2.63. The van der Waals surface area contributed by atoms with E-state index >= 15 is 0 Å². The summed E-state index contributed by atoms with van der Waals surface area (Å²) in [5.74, 6) is -0.644. The average molecular weight is 329 g/mol. The van der Waals surface area contributed by atoms with Gasteiger partial charge >= 0.3 is 0 Å². The third kappa shape index (κ3) is 4.55. The summed E-state index contributed by atoms with van der Waals surface area (Å²) >= 11 is 3.14. The fourth-order valence-corrected chi connectivity index (χ4v) is 1.65. The van der Waals surface area contributed by atoms with Crippen LogP contribution in [0, 0.1) is 0 Å². The summed E-state index contributed by atoms with van der Waals surface area (Å²) in [6.45, 7) is 4.15.